The van der Waals surface area contributed by atoms with Crippen LogP contribution in [0.3, 0.4) is 0 Å². The molecule has 6 nitrogen and oxygen atoms in total. The zero-order chi connectivity index (χ0) is 19.3. The van der Waals surface area contributed by atoms with Crippen LogP contribution in [-0.2, 0) is 0 Å². The molecular weight excluding hydrogens is 352 g/mol. The Hall–Kier alpha value is -3.15. The fourth-order valence-electron chi connectivity index (χ4n) is 3.53. The van der Waals surface area contributed by atoms with E-state index in [-0.39, 0.29) is 5.91 Å². The van der Waals surface area contributed by atoms with Gasteiger partial charge in [-0.05, 0) is 74.2 Å². The van der Waals surface area contributed by atoms with E-state index in [1.54, 1.807) is 31.2 Å². The van der Waals surface area contributed by atoms with Gasteiger partial charge in [-0.15, -0.1) is 0 Å². The first-order chi connectivity index (χ1) is 13.7. The average molecular weight is 376 g/mol. The molecule has 144 valence electrons. The van der Waals surface area contributed by atoms with Crippen molar-refractivity contribution in [2.45, 2.75) is 32.6 Å². The van der Waals surface area contributed by atoms with Gasteiger partial charge < -0.3 is 15.2 Å². The van der Waals surface area contributed by atoms with Gasteiger partial charge in [-0.25, -0.2) is 0 Å². The Kier molecular flexibility index (Phi) is 5.37. The van der Waals surface area contributed by atoms with E-state index in [9.17, 15) is 4.79 Å². The molecule has 1 aromatic heterocycles. The number of hydrogen-bond acceptors (Lipinski definition) is 5. The molecule has 28 heavy (non-hydrogen) atoms. The number of rotatable bonds is 6. The first-order valence-electron chi connectivity index (χ1n) is 9.73. The number of amides is 1. The summed E-state index contributed by atoms with van der Waals surface area (Å²) in [5.41, 5.74) is 3.22. The Balaban J connectivity index is 1.33. The van der Waals surface area contributed by atoms with E-state index in [1.807, 2.05) is 24.3 Å². The van der Waals surface area contributed by atoms with Crippen LogP contribution in [0.1, 0.15) is 41.9 Å². The van der Waals surface area contributed by atoms with Gasteiger partial charge in [0.2, 0.25) is 0 Å². The molecule has 0 aliphatic heterocycles. The van der Waals surface area contributed by atoms with E-state index in [2.05, 4.69) is 20.8 Å². The first kappa shape index (κ1) is 18.2. The Morgan fingerprint density at radius 3 is 2.36 bits per heavy atom. The molecule has 0 unspecified atom stereocenters. The molecule has 1 fully saturated rings. The Morgan fingerprint density at radius 1 is 1.04 bits per heavy atom. The molecule has 2 N–H and O–H groups in total. The predicted molar refractivity (Wildman–Crippen MR) is 109 cm³/mol. The molecule has 0 saturated heterocycles. The van der Waals surface area contributed by atoms with Crippen molar-refractivity contribution in [3.63, 3.8) is 0 Å². The number of nitrogens with one attached hydrogen (secondary N) is 2. The zero-order valence-electron chi connectivity index (χ0n) is 15.9. The number of anilines is 2. The van der Waals surface area contributed by atoms with Crippen LogP contribution in [-0.4, -0.2) is 22.6 Å². The smallest absolute Gasteiger partial charge is 0.257 e. The number of benzene rings is 2. The molecule has 0 radical (unpaired) electrons. The molecule has 0 atom stereocenters. The molecule has 1 saturated carbocycles. The largest absolute Gasteiger partial charge is 0.385 e. The normalized spacial score (nSPS) is 14.2. The van der Waals surface area contributed by atoms with Crippen LogP contribution in [0.2, 0.25) is 0 Å². The van der Waals surface area contributed by atoms with Crippen molar-refractivity contribution in [3.05, 3.63) is 59.9 Å². The monoisotopic (exact) mass is 376 g/mol. The zero-order valence-corrected chi connectivity index (χ0v) is 15.9. The number of carbonyl (C=O) groups excluding carboxylic acids is 1. The van der Waals surface area contributed by atoms with Gasteiger partial charge in [0.1, 0.15) is 0 Å². The van der Waals surface area contributed by atoms with Crippen LogP contribution in [0.25, 0.3) is 11.5 Å². The highest BCUT2D eigenvalue weighted by Crippen LogP contribution is 2.25. The number of aromatic nitrogens is 2. The molecule has 1 aliphatic rings. The van der Waals surface area contributed by atoms with Gasteiger partial charge in [0, 0.05) is 29.0 Å². The van der Waals surface area contributed by atoms with Crippen LogP contribution >= 0.6 is 0 Å². The summed E-state index contributed by atoms with van der Waals surface area (Å²) >= 11 is 0. The van der Waals surface area contributed by atoms with E-state index in [4.69, 9.17) is 4.52 Å². The minimum absolute atomic E-state index is 0.153. The van der Waals surface area contributed by atoms with Crippen molar-refractivity contribution in [3.8, 4) is 11.5 Å². The summed E-state index contributed by atoms with van der Waals surface area (Å²) < 4.78 is 5.14. The van der Waals surface area contributed by atoms with Gasteiger partial charge in [0.25, 0.3) is 11.8 Å². The van der Waals surface area contributed by atoms with E-state index >= 15 is 0 Å². The third-order valence-corrected chi connectivity index (χ3v) is 5.13. The van der Waals surface area contributed by atoms with E-state index in [1.165, 1.54) is 25.7 Å². The Bertz CT molecular complexity index is 926. The third-order valence-electron chi connectivity index (χ3n) is 5.13. The summed E-state index contributed by atoms with van der Waals surface area (Å²) in [4.78, 5) is 16.7. The molecule has 6 heteroatoms. The Labute approximate surface area is 164 Å². The van der Waals surface area contributed by atoms with Crippen LogP contribution in [0.4, 0.5) is 11.4 Å². The standard InChI is InChI=1S/C22H24N4O2/c1-15-24-22(28-26-15)18-8-6-17(7-9-18)21(27)25-20-12-10-19(11-13-20)23-14-16-4-2-3-5-16/h6-13,16,23H,2-5,14H2,1H3,(H,25,27). The molecular formula is C22H24N4O2. The fourth-order valence-corrected chi connectivity index (χ4v) is 3.53. The average Bonchev–Trinajstić information content (AvgIpc) is 3.39. The van der Waals surface area contributed by atoms with Gasteiger partial charge in [0.05, 0.1) is 0 Å². The molecule has 0 bridgehead atoms. The molecule has 1 heterocycles. The van der Waals surface area contributed by atoms with Crippen molar-refractivity contribution in [2.24, 2.45) is 5.92 Å². The molecule has 0 spiro atoms. The van der Waals surface area contributed by atoms with Crippen molar-refractivity contribution in [2.75, 3.05) is 17.2 Å². The summed E-state index contributed by atoms with van der Waals surface area (Å²) in [6.45, 7) is 2.79. The quantitative estimate of drug-likeness (QED) is 0.640. The highest BCUT2D eigenvalue weighted by molar-refractivity contribution is 6.04. The van der Waals surface area contributed by atoms with Crippen molar-refractivity contribution >= 4 is 17.3 Å². The molecule has 4 rings (SSSR count). The van der Waals surface area contributed by atoms with Gasteiger partial charge in [-0.3, -0.25) is 4.79 Å². The first-order valence-corrected chi connectivity index (χ1v) is 9.73. The molecule has 1 aliphatic carbocycles. The summed E-state index contributed by atoms with van der Waals surface area (Å²) in [5.74, 6) is 1.67. The maximum atomic E-state index is 12.5. The molecule has 2 aromatic carbocycles. The fraction of sp³-hybridized carbons (Fsp3) is 0.318. The van der Waals surface area contributed by atoms with E-state index in [0.717, 1.165) is 29.4 Å². The second kappa shape index (κ2) is 8.25. The van der Waals surface area contributed by atoms with Gasteiger partial charge >= 0.3 is 0 Å². The lowest BCUT2D eigenvalue weighted by atomic mass is 10.1. The van der Waals surface area contributed by atoms with Gasteiger partial charge in [-0.2, -0.15) is 4.98 Å². The second-order valence-electron chi connectivity index (χ2n) is 7.29. The molecule has 1 amide bonds. The molecule has 3 aromatic rings. The maximum absolute atomic E-state index is 12.5. The van der Waals surface area contributed by atoms with Gasteiger partial charge in [0.15, 0.2) is 5.82 Å². The Morgan fingerprint density at radius 2 is 1.71 bits per heavy atom. The van der Waals surface area contributed by atoms with Crippen molar-refractivity contribution in [1.29, 1.82) is 0 Å². The summed E-state index contributed by atoms with van der Waals surface area (Å²) in [5, 5.41) is 10.2. The number of aryl methyl sites for hydroxylation is 1. The van der Waals surface area contributed by atoms with Crippen LogP contribution in [0.5, 0.6) is 0 Å². The lowest BCUT2D eigenvalue weighted by Gasteiger charge is -2.12. The SMILES string of the molecule is Cc1noc(-c2ccc(C(=O)Nc3ccc(NCC4CCCC4)cc3)cc2)n1. The predicted octanol–water partition coefficient (Wildman–Crippen LogP) is 4.90. The summed E-state index contributed by atoms with van der Waals surface area (Å²) in [6.07, 6.45) is 5.36. The third kappa shape index (κ3) is 4.39. The van der Waals surface area contributed by atoms with E-state index in [0.29, 0.717) is 17.3 Å². The van der Waals surface area contributed by atoms with Gasteiger partial charge in [-0.1, -0.05) is 18.0 Å². The van der Waals surface area contributed by atoms with Crippen LogP contribution < -0.4 is 10.6 Å². The van der Waals surface area contributed by atoms with E-state index < -0.39 is 0 Å². The summed E-state index contributed by atoms with van der Waals surface area (Å²) in [6, 6.07) is 15.0. The lowest BCUT2D eigenvalue weighted by molar-refractivity contribution is 0.102. The maximum Gasteiger partial charge on any atom is 0.257 e. The van der Waals surface area contributed by atoms with Crippen molar-refractivity contribution < 1.29 is 9.32 Å². The number of carbonyl (C=O) groups is 1. The minimum Gasteiger partial charge on any atom is -0.385 e. The van der Waals surface area contributed by atoms with Crippen molar-refractivity contribution in [1.82, 2.24) is 10.1 Å². The summed E-state index contributed by atoms with van der Waals surface area (Å²) in [7, 11) is 0. The lowest BCUT2D eigenvalue weighted by Crippen LogP contribution is -2.12. The topological polar surface area (TPSA) is 80.0 Å². The highest BCUT2D eigenvalue weighted by Gasteiger charge is 2.14. The number of nitrogens with zero attached hydrogens (tertiary/aromatic N) is 2. The van der Waals surface area contributed by atoms with Crippen LogP contribution in [0, 0.1) is 12.8 Å². The minimum atomic E-state index is -0.153. The number of hydrogen-bond donors (Lipinski definition) is 2. The van der Waals surface area contributed by atoms with Crippen LogP contribution in [0.15, 0.2) is 53.1 Å². The highest BCUT2D eigenvalue weighted by atomic mass is 16.5. The second-order valence-corrected chi connectivity index (χ2v) is 7.29.